The molecule has 1 aliphatic heterocycles. The van der Waals surface area contributed by atoms with Gasteiger partial charge in [0, 0.05) is 19.4 Å². The van der Waals surface area contributed by atoms with E-state index in [1.165, 1.54) is 13.3 Å². The zero-order valence-corrected chi connectivity index (χ0v) is 13.0. The van der Waals surface area contributed by atoms with Gasteiger partial charge >= 0.3 is 12.9 Å². The monoisotopic (exact) mass is 350 g/mol. The number of nitrogens with zero attached hydrogens (tertiary/aromatic N) is 1. The van der Waals surface area contributed by atoms with E-state index < -0.39 is 48.9 Å². The number of aromatic nitrogens is 2. The van der Waals surface area contributed by atoms with Gasteiger partial charge in [-0.1, -0.05) is 0 Å². The summed E-state index contributed by atoms with van der Waals surface area (Å²) in [5.41, 5.74) is 3.86. The quantitative estimate of drug-likeness (QED) is 0.452. The second kappa shape index (κ2) is 6.71. The van der Waals surface area contributed by atoms with E-state index in [0.29, 0.717) is 0 Å². The van der Waals surface area contributed by atoms with Crippen LogP contribution in [0.4, 0.5) is 0 Å². The predicted molar refractivity (Wildman–Crippen MR) is 76.7 cm³/mol. The lowest BCUT2D eigenvalue weighted by molar-refractivity contribution is -0.133. The first kappa shape index (κ1) is 16.8. The van der Waals surface area contributed by atoms with Crippen LogP contribution in [0.15, 0.2) is 21.9 Å². The van der Waals surface area contributed by atoms with Crippen molar-refractivity contribution in [1.29, 1.82) is 0 Å². The topological polar surface area (TPSA) is 143 Å². The number of H-pyrrole nitrogens is 1. The van der Waals surface area contributed by atoms with Crippen molar-refractivity contribution < 1.29 is 23.4 Å². The number of methoxy groups -OCH3 is 1. The van der Waals surface area contributed by atoms with Crippen LogP contribution in [-0.4, -0.2) is 40.9 Å². The van der Waals surface area contributed by atoms with Crippen LogP contribution in [0.1, 0.15) is 6.23 Å². The van der Waals surface area contributed by atoms with Crippen LogP contribution in [0.25, 0.3) is 0 Å². The first-order valence-corrected chi connectivity index (χ1v) is 8.30. The highest BCUT2D eigenvalue weighted by molar-refractivity contribution is 8.39. The maximum atomic E-state index is 11.8. The minimum atomic E-state index is -2.36. The fourth-order valence-electron chi connectivity index (χ4n) is 2.19. The molecule has 0 radical (unpaired) electrons. The van der Waals surface area contributed by atoms with E-state index in [4.69, 9.17) is 19.7 Å². The SMILES string of the molecule is COC1C(O[P+](=O)S)C(C(N)=O)OC1n1ccc(=O)[nH]c1=O. The highest BCUT2D eigenvalue weighted by Gasteiger charge is 2.53. The zero-order chi connectivity index (χ0) is 16.4. The molecular formula is C10H13N3O7PS+. The summed E-state index contributed by atoms with van der Waals surface area (Å²) in [7, 11) is -1.07. The van der Waals surface area contributed by atoms with Crippen LogP contribution >= 0.6 is 19.5 Å². The normalized spacial score (nSPS) is 28.5. The van der Waals surface area contributed by atoms with E-state index in [1.54, 1.807) is 0 Å². The molecule has 0 bridgehead atoms. The highest BCUT2D eigenvalue weighted by Crippen LogP contribution is 2.39. The summed E-state index contributed by atoms with van der Waals surface area (Å²) in [4.78, 5) is 36.5. The predicted octanol–water partition coefficient (Wildman–Crippen LogP) is -1.09. The van der Waals surface area contributed by atoms with E-state index in [0.717, 1.165) is 10.6 Å². The Bertz CT molecular complexity index is 704. The summed E-state index contributed by atoms with van der Waals surface area (Å²) in [6, 6.07) is 1.10. The highest BCUT2D eigenvalue weighted by atomic mass is 32.7. The summed E-state index contributed by atoms with van der Waals surface area (Å²) < 4.78 is 27.8. The molecule has 2 rings (SSSR count). The van der Waals surface area contributed by atoms with Crippen molar-refractivity contribution in [3.8, 4) is 0 Å². The van der Waals surface area contributed by atoms with Gasteiger partial charge in [-0.2, -0.15) is 0 Å². The lowest BCUT2D eigenvalue weighted by Gasteiger charge is -2.19. The van der Waals surface area contributed by atoms with Gasteiger partial charge in [-0.25, -0.2) is 4.79 Å². The number of hydrogen-bond acceptors (Lipinski definition) is 7. The van der Waals surface area contributed by atoms with Gasteiger partial charge in [0.15, 0.2) is 18.4 Å². The molecule has 5 atom stereocenters. The van der Waals surface area contributed by atoms with Crippen LogP contribution in [-0.2, 0) is 23.4 Å². The molecular weight excluding hydrogens is 337 g/mol. The summed E-state index contributed by atoms with van der Waals surface area (Å²) in [6.45, 7) is 0. The Balaban J connectivity index is 2.43. The molecule has 1 aromatic heterocycles. The van der Waals surface area contributed by atoms with E-state index in [1.807, 2.05) is 4.98 Å². The Morgan fingerprint density at radius 1 is 1.50 bits per heavy atom. The molecule has 2 heterocycles. The fraction of sp³-hybridized carbons (Fsp3) is 0.500. The van der Waals surface area contributed by atoms with Gasteiger partial charge in [0.1, 0.15) is 18.4 Å². The Kier molecular flexibility index (Phi) is 5.14. The second-order valence-corrected chi connectivity index (χ2v) is 6.04. The molecule has 1 aromatic rings. The van der Waals surface area contributed by atoms with Crippen molar-refractivity contribution >= 4 is 25.4 Å². The molecule has 0 aliphatic carbocycles. The molecule has 12 heteroatoms. The lowest BCUT2D eigenvalue weighted by Crippen LogP contribution is -2.41. The molecule has 10 nitrogen and oxygen atoms in total. The number of ether oxygens (including phenoxy) is 2. The average Bonchev–Trinajstić information content (AvgIpc) is 2.76. The summed E-state index contributed by atoms with van der Waals surface area (Å²) in [5.74, 6) is -0.878. The van der Waals surface area contributed by atoms with Crippen molar-refractivity contribution in [2.24, 2.45) is 5.73 Å². The van der Waals surface area contributed by atoms with Gasteiger partial charge in [0.2, 0.25) is 5.91 Å². The largest absolute Gasteiger partial charge is 0.582 e. The smallest absolute Gasteiger partial charge is 0.374 e. The zero-order valence-electron chi connectivity index (χ0n) is 11.2. The van der Waals surface area contributed by atoms with Gasteiger partial charge in [-0.3, -0.25) is 19.1 Å². The number of thiol groups is 1. The fourth-order valence-corrected chi connectivity index (χ4v) is 2.96. The van der Waals surface area contributed by atoms with Crippen LogP contribution < -0.4 is 17.0 Å². The molecule has 1 saturated heterocycles. The molecule has 3 N–H and O–H groups in total. The number of primary amides is 1. The number of nitrogens with one attached hydrogen (secondary N) is 1. The van der Waals surface area contributed by atoms with E-state index >= 15 is 0 Å². The second-order valence-electron chi connectivity index (χ2n) is 4.38. The van der Waals surface area contributed by atoms with Crippen LogP contribution in [0.3, 0.4) is 0 Å². The maximum absolute atomic E-state index is 11.8. The minimum Gasteiger partial charge on any atom is -0.374 e. The number of hydrogen-bond donors (Lipinski definition) is 3. The Morgan fingerprint density at radius 3 is 2.68 bits per heavy atom. The number of rotatable bonds is 5. The number of carbonyl (C=O) groups excluding carboxylic acids is 1. The number of nitrogens with two attached hydrogens (primary N) is 1. The van der Waals surface area contributed by atoms with Gasteiger partial charge < -0.3 is 15.2 Å². The van der Waals surface area contributed by atoms with Crippen molar-refractivity contribution in [1.82, 2.24) is 9.55 Å². The van der Waals surface area contributed by atoms with Gasteiger partial charge in [-0.05, 0) is 4.57 Å². The lowest BCUT2D eigenvalue weighted by atomic mass is 10.1. The van der Waals surface area contributed by atoms with E-state index in [2.05, 4.69) is 12.2 Å². The molecule has 120 valence electrons. The summed E-state index contributed by atoms with van der Waals surface area (Å²) in [5, 5.41) is 0. The summed E-state index contributed by atoms with van der Waals surface area (Å²) >= 11 is 3.62. The third-order valence-electron chi connectivity index (χ3n) is 3.08. The molecule has 1 amide bonds. The van der Waals surface area contributed by atoms with Crippen molar-refractivity contribution in [3.63, 3.8) is 0 Å². The third kappa shape index (κ3) is 3.28. The molecule has 0 saturated carbocycles. The minimum absolute atomic E-state index is 0.592. The van der Waals surface area contributed by atoms with Crippen molar-refractivity contribution in [3.05, 3.63) is 33.1 Å². The van der Waals surface area contributed by atoms with Crippen molar-refractivity contribution in [2.45, 2.75) is 24.5 Å². The standard InChI is InChI=1S/C10H12N3O7PS/c1-18-7-5(20-21(17)22)6(8(11)15)19-9(7)13-3-2-4(14)12-10(13)16/h2-3,5-7,9H,1H3,(H3-,11,12,14,15,16,17,22)/p+1. The number of amides is 1. The Labute approximate surface area is 129 Å². The van der Waals surface area contributed by atoms with Gasteiger partial charge in [-0.15, -0.1) is 4.52 Å². The molecule has 0 spiro atoms. The van der Waals surface area contributed by atoms with E-state index in [9.17, 15) is 18.9 Å². The first-order valence-electron chi connectivity index (χ1n) is 5.97. The maximum Gasteiger partial charge on any atom is 0.582 e. The molecule has 22 heavy (non-hydrogen) atoms. The third-order valence-corrected chi connectivity index (χ3v) is 3.79. The molecule has 5 unspecified atom stereocenters. The molecule has 0 aromatic carbocycles. The van der Waals surface area contributed by atoms with Crippen molar-refractivity contribution in [2.75, 3.05) is 7.11 Å². The van der Waals surface area contributed by atoms with Crippen LogP contribution in [0.5, 0.6) is 0 Å². The molecule has 1 fully saturated rings. The average molecular weight is 350 g/mol. The van der Waals surface area contributed by atoms with Crippen LogP contribution in [0.2, 0.25) is 0 Å². The number of aromatic amines is 1. The van der Waals surface area contributed by atoms with E-state index in [-0.39, 0.29) is 0 Å². The summed E-state index contributed by atoms with van der Waals surface area (Å²) in [6.07, 6.45) is -3.29. The number of carbonyl (C=O) groups is 1. The first-order chi connectivity index (χ1) is 10.3. The van der Waals surface area contributed by atoms with Crippen LogP contribution in [0, 0.1) is 0 Å². The molecule has 1 aliphatic rings. The Hall–Kier alpha value is -1.52. The Morgan fingerprint density at radius 2 is 2.18 bits per heavy atom. The van der Waals surface area contributed by atoms with Gasteiger partial charge in [0.05, 0.1) is 0 Å². The van der Waals surface area contributed by atoms with Gasteiger partial charge in [0.25, 0.3) is 5.56 Å².